The van der Waals surface area contributed by atoms with Gasteiger partial charge in [-0.1, -0.05) is 26.0 Å². The normalized spacial score (nSPS) is 11.0. The Bertz CT molecular complexity index is 664. The first-order valence-electron chi connectivity index (χ1n) is 6.50. The maximum absolute atomic E-state index is 11.7. The average Bonchev–Trinajstić information content (AvgIpc) is 2.37. The number of nitrogens with zero attached hydrogens (tertiary/aromatic N) is 1. The smallest absolute Gasteiger partial charge is 0.251 e. The first-order chi connectivity index (χ1) is 9.51. The number of hydrogen-bond acceptors (Lipinski definition) is 4. The van der Waals surface area contributed by atoms with E-state index in [1.807, 2.05) is 24.5 Å². The van der Waals surface area contributed by atoms with E-state index >= 15 is 0 Å². The number of thioether (sulfide) groups is 1. The van der Waals surface area contributed by atoms with Gasteiger partial charge in [-0.25, -0.2) is 4.98 Å². The Labute approximate surface area is 122 Å². The average molecular weight is 289 g/mol. The van der Waals surface area contributed by atoms with Gasteiger partial charge in [0.1, 0.15) is 5.82 Å². The molecule has 1 heterocycles. The minimum Gasteiger partial charge on any atom is -0.398 e. The van der Waals surface area contributed by atoms with Gasteiger partial charge in [0.2, 0.25) is 0 Å². The first-order valence-corrected chi connectivity index (χ1v) is 7.89. The van der Waals surface area contributed by atoms with Crippen molar-refractivity contribution >= 4 is 17.4 Å². The number of hydrogen-bond donors (Lipinski definition) is 2. The third-order valence-corrected chi connectivity index (χ3v) is 3.64. The number of nitrogen functional groups attached to an aromatic ring is 1. The molecule has 3 N–H and O–H groups in total. The Morgan fingerprint density at radius 3 is 2.70 bits per heavy atom. The van der Waals surface area contributed by atoms with Crippen molar-refractivity contribution in [3.63, 3.8) is 0 Å². The summed E-state index contributed by atoms with van der Waals surface area (Å²) in [5.41, 5.74) is 9.34. The topological polar surface area (TPSA) is 71.8 Å². The fraction of sp³-hybridized carbons (Fsp3) is 0.333. The highest BCUT2D eigenvalue weighted by atomic mass is 32.2. The molecule has 0 bridgehead atoms. The fourth-order valence-electron chi connectivity index (χ4n) is 2.12. The third kappa shape index (κ3) is 3.22. The van der Waals surface area contributed by atoms with E-state index in [9.17, 15) is 4.79 Å². The third-order valence-electron chi connectivity index (χ3n) is 3.08. The van der Waals surface area contributed by atoms with Crippen LogP contribution in [0.3, 0.4) is 0 Å². The highest BCUT2D eigenvalue weighted by Crippen LogP contribution is 2.26. The molecule has 1 aromatic heterocycles. The molecule has 0 spiro atoms. The van der Waals surface area contributed by atoms with Gasteiger partial charge in [0.25, 0.3) is 5.56 Å². The summed E-state index contributed by atoms with van der Waals surface area (Å²) in [6.45, 7) is 4.21. The number of nitrogens with one attached hydrogen (secondary N) is 1. The molecule has 106 valence electrons. The summed E-state index contributed by atoms with van der Waals surface area (Å²) in [4.78, 5) is 18.9. The number of aromatic nitrogens is 2. The predicted molar refractivity (Wildman–Crippen MR) is 86.0 cm³/mol. The van der Waals surface area contributed by atoms with E-state index in [1.54, 1.807) is 11.8 Å². The minimum absolute atomic E-state index is 0.134. The summed E-state index contributed by atoms with van der Waals surface area (Å²) in [5.74, 6) is 1.75. The molecule has 0 unspecified atom stereocenters. The lowest BCUT2D eigenvalue weighted by Crippen LogP contribution is -2.10. The van der Waals surface area contributed by atoms with Gasteiger partial charge in [-0.3, -0.25) is 4.79 Å². The van der Waals surface area contributed by atoms with E-state index < -0.39 is 0 Å². The van der Waals surface area contributed by atoms with E-state index in [4.69, 9.17) is 5.73 Å². The van der Waals surface area contributed by atoms with Gasteiger partial charge >= 0.3 is 0 Å². The zero-order valence-electron chi connectivity index (χ0n) is 11.9. The van der Waals surface area contributed by atoms with E-state index in [2.05, 4.69) is 23.8 Å². The Balaban J connectivity index is 2.46. The summed E-state index contributed by atoms with van der Waals surface area (Å²) < 4.78 is 0. The molecule has 1 aromatic carbocycles. The van der Waals surface area contributed by atoms with Crippen LogP contribution >= 0.6 is 11.8 Å². The largest absolute Gasteiger partial charge is 0.398 e. The van der Waals surface area contributed by atoms with Crippen LogP contribution in [0.15, 0.2) is 29.1 Å². The Hall–Kier alpha value is -1.75. The molecule has 0 aliphatic heterocycles. The number of rotatable bonds is 4. The van der Waals surface area contributed by atoms with Crippen molar-refractivity contribution in [3.8, 4) is 11.3 Å². The van der Waals surface area contributed by atoms with Crippen molar-refractivity contribution < 1.29 is 0 Å². The lowest BCUT2D eigenvalue weighted by Gasteiger charge is -2.11. The Morgan fingerprint density at radius 1 is 1.35 bits per heavy atom. The molecule has 0 amide bonds. The van der Waals surface area contributed by atoms with E-state index in [0.29, 0.717) is 23.2 Å². The number of aromatic amines is 1. The highest BCUT2D eigenvalue weighted by molar-refractivity contribution is 7.97. The molecule has 0 atom stereocenters. The maximum Gasteiger partial charge on any atom is 0.251 e. The van der Waals surface area contributed by atoms with E-state index in [1.165, 1.54) is 6.07 Å². The van der Waals surface area contributed by atoms with Gasteiger partial charge in [0.05, 0.1) is 11.4 Å². The van der Waals surface area contributed by atoms with Crippen molar-refractivity contribution in [2.45, 2.75) is 25.5 Å². The number of anilines is 1. The van der Waals surface area contributed by atoms with Crippen LogP contribution in [0.25, 0.3) is 11.3 Å². The molecule has 0 saturated heterocycles. The van der Waals surface area contributed by atoms with Crippen molar-refractivity contribution in [2.24, 2.45) is 0 Å². The molecule has 0 aliphatic rings. The van der Waals surface area contributed by atoms with Crippen molar-refractivity contribution in [1.82, 2.24) is 9.97 Å². The van der Waals surface area contributed by atoms with Gasteiger partial charge in [0, 0.05) is 17.3 Å². The second-order valence-electron chi connectivity index (χ2n) is 5.01. The Morgan fingerprint density at radius 2 is 2.10 bits per heavy atom. The van der Waals surface area contributed by atoms with Crippen LogP contribution in [-0.4, -0.2) is 16.2 Å². The molecular formula is C15H19N3OS. The zero-order chi connectivity index (χ0) is 14.7. The second kappa shape index (κ2) is 6.13. The maximum atomic E-state index is 11.7. The van der Waals surface area contributed by atoms with Crippen LogP contribution in [0.5, 0.6) is 0 Å². The molecule has 0 aliphatic carbocycles. The van der Waals surface area contributed by atoms with Crippen LogP contribution in [0.4, 0.5) is 5.69 Å². The van der Waals surface area contributed by atoms with Crippen molar-refractivity contribution in [3.05, 3.63) is 46.0 Å². The lowest BCUT2D eigenvalue weighted by molar-refractivity contribution is 0.870. The molecule has 0 fully saturated rings. The number of nitrogens with two attached hydrogens (primary N) is 1. The summed E-state index contributed by atoms with van der Waals surface area (Å²) in [6.07, 6.45) is 1.97. The molecule has 5 heteroatoms. The SMILES string of the molecule is CSCc1nc(-c2ccc(C(C)C)c(N)c2)cc(=O)[nH]1. The van der Waals surface area contributed by atoms with Gasteiger partial charge in [-0.15, -0.1) is 0 Å². The summed E-state index contributed by atoms with van der Waals surface area (Å²) >= 11 is 1.62. The quantitative estimate of drug-likeness (QED) is 0.849. The monoisotopic (exact) mass is 289 g/mol. The molecule has 20 heavy (non-hydrogen) atoms. The fourth-order valence-corrected chi connectivity index (χ4v) is 2.53. The second-order valence-corrected chi connectivity index (χ2v) is 5.87. The van der Waals surface area contributed by atoms with Crippen LogP contribution in [0.2, 0.25) is 0 Å². The first kappa shape index (κ1) is 14.7. The summed E-state index contributed by atoms with van der Waals surface area (Å²) in [6, 6.07) is 7.37. The van der Waals surface area contributed by atoms with Crippen LogP contribution in [0.1, 0.15) is 31.2 Å². The molecule has 4 nitrogen and oxygen atoms in total. The van der Waals surface area contributed by atoms with Gasteiger partial charge < -0.3 is 10.7 Å². The number of H-pyrrole nitrogens is 1. The molecule has 0 saturated carbocycles. The molecular weight excluding hydrogens is 270 g/mol. The Kier molecular flexibility index (Phi) is 4.49. The van der Waals surface area contributed by atoms with Gasteiger partial charge in [-0.2, -0.15) is 11.8 Å². The molecule has 2 aromatic rings. The van der Waals surface area contributed by atoms with E-state index in [-0.39, 0.29) is 5.56 Å². The molecule has 0 radical (unpaired) electrons. The summed E-state index contributed by atoms with van der Waals surface area (Å²) in [5, 5.41) is 0. The summed E-state index contributed by atoms with van der Waals surface area (Å²) in [7, 11) is 0. The standard InChI is InChI=1S/C15H19N3OS/c1-9(2)11-5-4-10(6-12(11)16)13-7-15(19)18-14(17-13)8-20-3/h4-7,9H,8,16H2,1-3H3,(H,17,18,19). The van der Waals surface area contributed by atoms with Crippen LogP contribution in [0, 0.1) is 0 Å². The van der Waals surface area contributed by atoms with Crippen molar-refractivity contribution in [2.75, 3.05) is 12.0 Å². The lowest BCUT2D eigenvalue weighted by atomic mass is 9.98. The van der Waals surface area contributed by atoms with Crippen molar-refractivity contribution in [1.29, 1.82) is 0 Å². The number of benzene rings is 1. The van der Waals surface area contributed by atoms with Crippen LogP contribution < -0.4 is 11.3 Å². The predicted octanol–water partition coefficient (Wildman–Crippen LogP) is 3.01. The van der Waals surface area contributed by atoms with Gasteiger partial charge in [0.15, 0.2) is 0 Å². The van der Waals surface area contributed by atoms with Crippen LogP contribution in [-0.2, 0) is 5.75 Å². The highest BCUT2D eigenvalue weighted by Gasteiger charge is 2.08. The molecule has 2 rings (SSSR count). The van der Waals surface area contributed by atoms with E-state index in [0.717, 1.165) is 16.8 Å². The minimum atomic E-state index is -0.134. The van der Waals surface area contributed by atoms with Gasteiger partial charge in [-0.05, 0) is 23.8 Å². The zero-order valence-corrected chi connectivity index (χ0v) is 12.8.